The number of hydrogen-bond donors (Lipinski definition) is 3. The summed E-state index contributed by atoms with van der Waals surface area (Å²) in [4.78, 5) is 33.4. The van der Waals surface area contributed by atoms with E-state index in [0.717, 1.165) is 58.7 Å². The fourth-order valence-corrected chi connectivity index (χ4v) is 5.12. The second-order valence-electron chi connectivity index (χ2n) is 8.28. The van der Waals surface area contributed by atoms with E-state index in [1.54, 1.807) is 6.20 Å². The van der Waals surface area contributed by atoms with Gasteiger partial charge in [0, 0.05) is 30.1 Å². The maximum Gasteiger partial charge on any atom is 0.227 e. The molecule has 1 amide bonds. The third-order valence-electron chi connectivity index (χ3n) is 6.13. The molecule has 0 bridgehead atoms. The molecule has 3 N–H and O–H groups in total. The number of hydrogen-bond acceptors (Lipinski definition) is 7. The van der Waals surface area contributed by atoms with Crippen LogP contribution in [0.3, 0.4) is 0 Å². The van der Waals surface area contributed by atoms with Crippen molar-refractivity contribution in [2.45, 2.75) is 43.3 Å². The molecule has 1 fully saturated rings. The van der Waals surface area contributed by atoms with Gasteiger partial charge in [-0.2, -0.15) is 0 Å². The van der Waals surface area contributed by atoms with Gasteiger partial charge in [-0.25, -0.2) is 4.98 Å². The first-order valence-electron chi connectivity index (χ1n) is 11.0. The van der Waals surface area contributed by atoms with Crippen LogP contribution >= 0.6 is 36.6 Å². The topological polar surface area (TPSA) is 96.0 Å². The molecular weight excluding hydrogens is 493 g/mol. The molecule has 3 heterocycles. The number of rotatable bonds is 5. The smallest absolute Gasteiger partial charge is 0.227 e. The summed E-state index contributed by atoms with van der Waals surface area (Å²) in [5, 5.41) is 11.6. The van der Waals surface area contributed by atoms with Gasteiger partial charge in [0.15, 0.2) is 0 Å². The van der Waals surface area contributed by atoms with Crippen molar-refractivity contribution in [1.82, 2.24) is 15.3 Å². The van der Waals surface area contributed by atoms with Crippen LogP contribution in [0.15, 0.2) is 53.7 Å². The molecule has 1 aliphatic carbocycles. The van der Waals surface area contributed by atoms with Gasteiger partial charge >= 0.3 is 0 Å². The zero-order valence-corrected chi connectivity index (χ0v) is 20.9. The number of aromatic nitrogens is 2. The maximum atomic E-state index is 12.9. The van der Waals surface area contributed by atoms with Crippen LogP contribution in [0, 0.1) is 5.92 Å². The van der Waals surface area contributed by atoms with Crippen molar-refractivity contribution in [3.8, 4) is 0 Å². The van der Waals surface area contributed by atoms with E-state index >= 15 is 0 Å². The summed E-state index contributed by atoms with van der Waals surface area (Å²) in [5.41, 5.74) is 3.56. The van der Waals surface area contributed by atoms with Crippen molar-refractivity contribution in [3.05, 3.63) is 54.4 Å². The van der Waals surface area contributed by atoms with Gasteiger partial charge in [0.1, 0.15) is 5.03 Å². The average molecular weight is 520 g/mol. The van der Waals surface area contributed by atoms with E-state index in [1.807, 2.05) is 42.5 Å². The van der Waals surface area contributed by atoms with Gasteiger partial charge in [0.25, 0.3) is 0 Å². The summed E-state index contributed by atoms with van der Waals surface area (Å²) in [5.74, 6) is 0.112. The molecule has 1 aliphatic heterocycles. The predicted molar refractivity (Wildman–Crippen MR) is 141 cm³/mol. The fraction of sp³-hybridized carbons (Fsp3) is 0.333. The first kappa shape index (κ1) is 26.2. The van der Waals surface area contributed by atoms with Crippen LogP contribution in [-0.4, -0.2) is 33.6 Å². The lowest BCUT2D eigenvalue weighted by atomic mass is 9.85. The van der Waals surface area contributed by atoms with E-state index in [-0.39, 0.29) is 41.8 Å². The first-order chi connectivity index (χ1) is 15.7. The van der Waals surface area contributed by atoms with Crippen molar-refractivity contribution in [3.63, 3.8) is 0 Å². The van der Waals surface area contributed by atoms with E-state index in [1.165, 1.54) is 11.8 Å². The van der Waals surface area contributed by atoms with E-state index < -0.39 is 0 Å². The zero-order chi connectivity index (χ0) is 21.9. The fourth-order valence-electron chi connectivity index (χ4n) is 4.35. The van der Waals surface area contributed by atoms with Crippen molar-refractivity contribution in [2.75, 3.05) is 17.2 Å². The molecule has 180 valence electrons. The number of carbonyl (C=O) groups is 2. The summed E-state index contributed by atoms with van der Waals surface area (Å²) in [6.45, 7) is 1.01. The minimum atomic E-state index is 0. The number of pyridine rings is 2. The molecule has 0 radical (unpaired) electrons. The molecule has 2 aliphatic rings. The highest BCUT2D eigenvalue weighted by Crippen LogP contribution is 2.30. The first-order valence-corrected chi connectivity index (χ1v) is 11.8. The Balaban J connectivity index is 0.00000162. The Labute approximate surface area is 215 Å². The molecule has 34 heavy (non-hydrogen) atoms. The van der Waals surface area contributed by atoms with Gasteiger partial charge in [0.2, 0.25) is 11.0 Å². The number of thioether (sulfide) groups is 1. The molecule has 0 unspecified atom stereocenters. The molecule has 5 rings (SSSR count). The van der Waals surface area contributed by atoms with Gasteiger partial charge in [-0.15, -0.1) is 24.8 Å². The third kappa shape index (κ3) is 5.99. The lowest BCUT2D eigenvalue weighted by Crippen LogP contribution is -2.36. The molecular formula is C24H27Cl2N5O2S. The second-order valence-corrected chi connectivity index (χ2v) is 9.32. The number of benzene rings is 1. The lowest BCUT2D eigenvalue weighted by molar-refractivity contribution is -0.120. The second kappa shape index (κ2) is 11.8. The average Bonchev–Trinajstić information content (AvgIpc) is 2.83. The molecule has 0 saturated heterocycles. The Morgan fingerprint density at radius 1 is 1.06 bits per heavy atom. The minimum absolute atomic E-state index is 0. The van der Waals surface area contributed by atoms with Gasteiger partial charge in [-0.3, -0.25) is 14.6 Å². The van der Waals surface area contributed by atoms with Crippen LogP contribution in [0.1, 0.15) is 31.4 Å². The van der Waals surface area contributed by atoms with Crippen LogP contribution in [0.5, 0.6) is 0 Å². The van der Waals surface area contributed by atoms with Gasteiger partial charge < -0.3 is 16.0 Å². The standard InChI is InChI=1S/C24H25N5O2S.2ClH/c30-22-14-27-21-10-9-17(28-24(21)32-22)13-26-16-7-5-15(6-8-16)23(31)29-20-11-12-25-19-4-2-1-3-18(19)20;;/h1-4,9-12,15-16,26-27H,5-8,13-14H2,(H,25,29,31);2*1H/t15-,16-;;. The van der Waals surface area contributed by atoms with Gasteiger partial charge in [0.05, 0.1) is 29.1 Å². The summed E-state index contributed by atoms with van der Waals surface area (Å²) in [6.07, 6.45) is 5.36. The highest BCUT2D eigenvalue weighted by Gasteiger charge is 2.26. The molecule has 1 saturated carbocycles. The molecule has 1 aromatic carbocycles. The summed E-state index contributed by atoms with van der Waals surface area (Å²) >= 11 is 1.20. The monoisotopic (exact) mass is 519 g/mol. The van der Waals surface area contributed by atoms with Crippen LogP contribution in [0.2, 0.25) is 0 Å². The van der Waals surface area contributed by atoms with Crippen LogP contribution in [0.25, 0.3) is 10.9 Å². The molecule has 2 aromatic heterocycles. The normalized spacial score (nSPS) is 19.2. The summed E-state index contributed by atoms with van der Waals surface area (Å²) < 4.78 is 0. The van der Waals surface area contributed by atoms with Crippen molar-refractivity contribution in [2.24, 2.45) is 5.92 Å². The van der Waals surface area contributed by atoms with Gasteiger partial charge in [-0.05, 0) is 61.7 Å². The predicted octanol–water partition coefficient (Wildman–Crippen LogP) is 4.80. The third-order valence-corrected chi connectivity index (χ3v) is 7.00. The number of halogens is 2. The molecule has 3 aromatic rings. The van der Waals surface area contributed by atoms with Crippen molar-refractivity contribution < 1.29 is 9.59 Å². The highest BCUT2D eigenvalue weighted by molar-refractivity contribution is 8.13. The Morgan fingerprint density at radius 2 is 1.85 bits per heavy atom. The SMILES string of the molecule is Cl.Cl.O=C1CNc2ccc(CN[C@H]3CC[C@H](C(=O)Nc4ccnc5ccccc45)CC3)nc2S1. The van der Waals surface area contributed by atoms with Crippen LogP contribution in [-0.2, 0) is 16.1 Å². The minimum Gasteiger partial charge on any atom is -0.375 e. The van der Waals surface area contributed by atoms with E-state index in [4.69, 9.17) is 0 Å². The number of carbonyl (C=O) groups excluding carboxylic acids is 2. The zero-order valence-electron chi connectivity index (χ0n) is 18.5. The number of fused-ring (bicyclic) bond motifs is 2. The quantitative estimate of drug-likeness (QED) is 0.445. The largest absolute Gasteiger partial charge is 0.375 e. The van der Waals surface area contributed by atoms with E-state index in [0.29, 0.717) is 19.1 Å². The Bertz CT molecular complexity index is 1170. The Kier molecular flexibility index (Phi) is 9.13. The number of para-hydroxylation sites is 1. The lowest BCUT2D eigenvalue weighted by Gasteiger charge is -2.28. The van der Waals surface area contributed by atoms with E-state index in [2.05, 4.69) is 25.9 Å². The molecule has 0 atom stereocenters. The number of nitrogens with one attached hydrogen (secondary N) is 3. The molecule has 7 nitrogen and oxygen atoms in total. The van der Waals surface area contributed by atoms with Crippen LogP contribution < -0.4 is 16.0 Å². The molecule has 10 heteroatoms. The number of amides is 1. The van der Waals surface area contributed by atoms with E-state index in [9.17, 15) is 9.59 Å². The number of anilines is 2. The van der Waals surface area contributed by atoms with Crippen molar-refractivity contribution in [1.29, 1.82) is 0 Å². The molecule has 0 spiro atoms. The summed E-state index contributed by atoms with van der Waals surface area (Å²) in [6, 6.07) is 14.1. The summed E-state index contributed by atoms with van der Waals surface area (Å²) in [7, 11) is 0. The Morgan fingerprint density at radius 3 is 2.68 bits per heavy atom. The van der Waals surface area contributed by atoms with Crippen LogP contribution in [0.4, 0.5) is 11.4 Å². The van der Waals surface area contributed by atoms with Gasteiger partial charge in [-0.1, -0.05) is 18.2 Å². The van der Waals surface area contributed by atoms with Crippen molar-refractivity contribution >= 4 is 69.9 Å². The maximum absolute atomic E-state index is 12.9. The number of nitrogens with zero attached hydrogens (tertiary/aromatic N) is 2. The Hall–Kier alpha value is -2.39. The highest BCUT2D eigenvalue weighted by atomic mass is 35.5.